The second kappa shape index (κ2) is 18.0. The summed E-state index contributed by atoms with van der Waals surface area (Å²) in [6, 6.07) is 9.55. The van der Waals surface area contributed by atoms with Crippen molar-refractivity contribution in [3.8, 4) is 0 Å². The fourth-order valence-electron chi connectivity index (χ4n) is 3.55. The number of nitrogens with zero attached hydrogens (tertiary/aromatic N) is 1. The van der Waals surface area contributed by atoms with E-state index in [1.807, 2.05) is 58.9 Å². The minimum atomic E-state index is -3.98. The summed E-state index contributed by atoms with van der Waals surface area (Å²) >= 11 is 19.3. The van der Waals surface area contributed by atoms with E-state index in [9.17, 15) is 18.0 Å². The summed E-state index contributed by atoms with van der Waals surface area (Å²) in [5, 5.41) is 5.70. The predicted molar refractivity (Wildman–Crippen MR) is 172 cm³/mol. The standard InChI is InChI=1S/C27H34Cl3N3O4S2.C2H6/c1-17(2)11-12-23(32-26(34)19(4)38-24-10-7-6-9-18(24)3)27(35)31-13-8-14-33(5)39(36,37)25-21(29)15-20(28)16-22(25)30;1-2/h6-7,9-10,15-17,23H,4,8,11-14H2,1-3,5H3,(H,31,35)(H,32,34);1-2H3. The molecule has 0 saturated heterocycles. The monoisotopic (exact) mass is 663 g/mol. The van der Waals surface area contributed by atoms with E-state index in [0.717, 1.165) is 21.2 Å². The quantitative estimate of drug-likeness (QED) is 0.125. The molecule has 228 valence electrons. The largest absolute Gasteiger partial charge is 0.354 e. The van der Waals surface area contributed by atoms with Gasteiger partial charge in [0.25, 0.3) is 5.91 Å². The lowest BCUT2D eigenvalue weighted by molar-refractivity contribution is -0.127. The third kappa shape index (κ3) is 11.8. The van der Waals surface area contributed by atoms with Gasteiger partial charge in [0.15, 0.2) is 0 Å². The van der Waals surface area contributed by atoms with Crippen LogP contribution in [-0.4, -0.2) is 50.7 Å². The van der Waals surface area contributed by atoms with Crippen molar-refractivity contribution in [1.29, 1.82) is 0 Å². The molecule has 41 heavy (non-hydrogen) atoms. The Morgan fingerprint density at radius 3 is 2.20 bits per heavy atom. The van der Waals surface area contributed by atoms with Crippen LogP contribution in [0.1, 0.15) is 52.5 Å². The van der Waals surface area contributed by atoms with Crippen LogP contribution in [0, 0.1) is 12.8 Å². The van der Waals surface area contributed by atoms with Gasteiger partial charge in [-0.2, -0.15) is 0 Å². The molecule has 0 aliphatic rings. The van der Waals surface area contributed by atoms with Crippen LogP contribution in [0.15, 0.2) is 57.7 Å². The lowest BCUT2D eigenvalue weighted by Gasteiger charge is -2.21. The van der Waals surface area contributed by atoms with Crippen molar-refractivity contribution >= 4 is 68.4 Å². The first-order valence-electron chi connectivity index (χ1n) is 13.4. The zero-order chi connectivity index (χ0) is 31.3. The number of halogens is 3. The molecule has 0 spiro atoms. The van der Waals surface area contributed by atoms with Crippen LogP contribution in [-0.2, 0) is 19.6 Å². The Morgan fingerprint density at radius 2 is 1.63 bits per heavy atom. The second-order valence-electron chi connectivity index (χ2n) is 9.46. The van der Waals surface area contributed by atoms with Crippen molar-refractivity contribution in [2.45, 2.75) is 69.7 Å². The van der Waals surface area contributed by atoms with Crippen molar-refractivity contribution < 1.29 is 18.0 Å². The van der Waals surface area contributed by atoms with Gasteiger partial charge < -0.3 is 10.6 Å². The third-order valence-corrected chi connectivity index (χ3v) is 9.92. The minimum Gasteiger partial charge on any atom is -0.354 e. The summed E-state index contributed by atoms with van der Waals surface area (Å²) in [7, 11) is -2.57. The Balaban J connectivity index is 0.00000411. The topological polar surface area (TPSA) is 95.6 Å². The van der Waals surface area contributed by atoms with Crippen molar-refractivity contribution in [3.63, 3.8) is 0 Å². The molecule has 12 heteroatoms. The second-order valence-corrected chi connectivity index (χ2v) is 13.8. The van der Waals surface area contributed by atoms with Crippen LogP contribution in [0.2, 0.25) is 15.1 Å². The van der Waals surface area contributed by atoms with Gasteiger partial charge in [0.2, 0.25) is 15.9 Å². The molecule has 0 aromatic heterocycles. The van der Waals surface area contributed by atoms with Crippen molar-refractivity contribution in [2.24, 2.45) is 5.92 Å². The number of sulfonamides is 1. The Morgan fingerprint density at radius 1 is 1.05 bits per heavy atom. The van der Waals surface area contributed by atoms with Gasteiger partial charge in [-0.05, 0) is 55.9 Å². The highest BCUT2D eigenvalue weighted by Crippen LogP contribution is 2.34. The molecule has 0 heterocycles. The van der Waals surface area contributed by atoms with Gasteiger partial charge in [-0.25, -0.2) is 12.7 Å². The number of rotatable bonds is 14. The molecule has 0 bridgehead atoms. The lowest BCUT2D eigenvalue weighted by atomic mass is 10.0. The summed E-state index contributed by atoms with van der Waals surface area (Å²) < 4.78 is 27.1. The molecule has 0 radical (unpaired) electrons. The molecule has 0 aliphatic heterocycles. The highest BCUT2D eigenvalue weighted by molar-refractivity contribution is 8.04. The third-order valence-electron chi connectivity index (χ3n) is 5.81. The molecule has 1 unspecified atom stereocenters. The number of aryl methyl sites for hydroxylation is 1. The molecule has 0 fully saturated rings. The molecule has 7 nitrogen and oxygen atoms in total. The predicted octanol–water partition coefficient (Wildman–Crippen LogP) is 7.34. The Kier molecular flexibility index (Phi) is 16.4. The zero-order valence-electron chi connectivity index (χ0n) is 24.4. The van der Waals surface area contributed by atoms with E-state index >= 15 is 0 Å². The number of nitrogens with one attached hydrogen (secondary N) is 2. The van der Waals surface area contributed by atoms with Crippen molar-refractivity contribution in [2.75, 3.05) is 20.1 Å². The zero-order valence-corrected chi connectivity index (χ0v) is 28.3. The van der Waals surface area contributed by atoms with Gasteiger partial charge >= 0.3 is 0 Å². The molecular weight excluding hydrogens is 625 g/mol. The van der Waals surface area contributed by atoms with Crippen LogP contribution in [0.5, 0.6) is 0 Å². The molecule has 1 atom stereocenters. The number of thioether (sulfide) groups is 1. The molecule has 2 aromatic carbocycles. The fourth-order valence-corrected chi connectivity index (χ4v) is 7.03. The number of hydrogen-bond donors (Lipinski definition) is 2. The molecule has 2 N–H and O–H groups in total. The minimum absolute atomic E-state index is 0.0708. The van der Waals surface area contributed by atoms with Gasteiger partial charge in [-0.15, -0.1) is 0 Å². The van der Waals surface area contributed by atoms with Crippen LogP contribution in [0.25, 0.3) is 0 Å². The number of benzene rings is 2. The molecule has 2 aromatic rings. The smallest absolute Gasteiger partial charge is 0.258 e. The summed E-state index contributed by atoms with van der Waals surface area (Å²) in [4.78, 5) is 26.8. The first-order chi connectivity index (χ1) is 19.2. The number of carbonyl (C=O) groups excluding carboxylic acids is 2. The number of hydrogen-bond acceptors (Lipinski definition) is 5. The average Bonchev–Trinajstić information content (AvgIpc) is 2.90. The first-order valence-corrected chi connectivity index (χ1v) is 16.7. The maximum atomic E-state index is 13.0. The lowest BCUT2D eigenvalue weighted by Crippen LogP contribution is -2.47. The van der Waals surface area contributed by atoms with E-state index < -0.39 is 22.0 Å². The fraction of sp³-hybridized carbons (Fsp3) is 0.448. The van der Waals surface area contributed by atoms with Crippen molar-refractivity contribution in [3.05, 3.63) is 68.5 Å². The van der Waals surface area contributed by atoms with E-state index in [1.165, 1.54) is 30.9 Å². The molecule has 0 aliphatic carbocycles. The van der Waals surface area contributed by atoms with Crippen LogP contribution in [0.4, 0.5) is 0 Å². The first kappa shape index (κ1) is 37.3. The van der Waals surface area contributed by atoms with Gasteiger partial charge in [0.1, 0.15) is 10.9 Å². The SMILES string of the molecule is C=C(Sc1ccccc1C)C(=O)NC(CCC(C)C)C(=O)NCCCN(C)S(=O)(=O)c1c(Cl)cc(Cl)cc1Cl.CC. The molecule has 2 amide bonds. The maximum Gasteiger partial charge on any atom is 0.258 e. The van der Waals surface area contributed by atoms with Crippen molar-refractivity contribution in [1.82, 2.24) is 14.9 Å². The number of amides is 2. The number of carbonyl (C=O) groups is 2. The van der Waals surface area contributed by atoms with Crippen LogP contribution >= 0.6 is 46.6 Å². The van der Waals surface area contributed by atoms with Crippen LogP contribution < -0.4 is 10.6 Å². The normalized spacial score (nSPS) is 12.0. The summed E-state index contributed by atoms with van der Waals surface area (Å²) in [5.74, 6) is -0.409. The highest BCUT2D eigenvalue weighted by Gasteiger charge is 2.27. The Labute approximate surface area is 264 Å². The van der Waals surface area contributed by atoms with E-state index in [4.69, 9.17) is 34.8 Å². The molecule has 2 rings (SSSR count). The van der Waals surface area contributed by atoms with Gasteiger partial charge in [-0.3, -0.25) is 9.59 Å². The molecule has 0 saturated carbocycles. The Hall–Kier alpha value is -1.75. The van der Waals surface area contributed by atoms with E-state index in [2.05, 4.69) is 17.2 Å². The summed E-state index contributed by atoms with van der Waals surface area (Å²) in [6.45, 7) is 14.2. The van der Waals surface area contributed by atoms with E-state index in [-0.39, 0.29) is 43.9 Å². The summed E-state index contributed by atoms with van der Waals surface area (Å²) in [6.07, 6.45) is 1.52. The highest BCUT2D eigenvalue weighted by atomic mass is 35.5. The van der Waals surface area contributed by atoms with Crippen LogP contribution in [0.3, 0.4) is 0 Å². The Bertz CT molecular complexity index is 1280. The van der Waals surface area contributed by atoms with E-state index in [0.29, 0.717) is 18.8 Å². The molecular formula is C29H40Cl3N3O4S2. The summed E-state index contributed by atoms with van der Waals surface area (Å²) in [5.41, 5.74) is 1.03. The van der Waals surface area contributed by atoms with Gasteiger partial charge in [0, 0.05) is 30.1 Å². The van der Waals surface area contributed by atoms with E-state index in [1.54, 1.807) is 0 Å². The average molecular weight is 665 g/mol. The maximum absolute atomic E-state index is 13.0. The van der Waals surface area contributed by atoms with Gasteiger partial charge in [0.05, 0.1) is 15.0 Å². The van der Waals surface area contributed by atoms with Gasteiger partial charge in [-0.1, -0.05) is 99.0 Å².